The number of nitrogens with two attached hydrogens (primary N) is 1. The Labute approximate surface area is 111 Å². The number of methoxy groups -OCH3 is 1. The lowest BCUT2D eigenvalue weighted by Gasteiger charge is -2.26. The summed E-state index contributed by atoms with van der Waals surface area (Å²) in [6.07, 6.45) is 2.80. The summed E-state index contributed by atoms with van der Waals surface area (Å²) < 4.78 is 10.9. The zero-order chi connectivity index (χ0) is 13.0. The van der Waals surface area contributed by atoms with E-state index < -0.39 is 0 Å². The third-order valence-corrected chi connectivity index (χ3v) is 3.55. The van der Waals surface area contributed by atoms with Crippen LogP contribution in [0.15, 0.2) is 11.2 Å². The Morgan fingerprint density at radius 2 is 2.44 bits per heavy atom. The number of nitrogens with zero attached hydrogens (tertiary/aromatic N) is 2. The molecule has 1 aliphatic rings. The number of rotatable bonds is 5. The van der Waals surface area contributed by atoms with Crippen molar-refractivity contribution < 1.29 is 9.47 Å². The summed E-state index contributed by atoms with van der Waals surface area (Å²) in [7, 11) is 1.71. The lowest BCUT2D eigenvalue weighted by Crippen LogP contribution is -2.39. The molecule has 1 aliphatic heterocycles. The minimum absolute atomic E-state index is 0.265. The van der Waals surface area contributed by atoms with Gasteiger partial charge in [-0.25, -0.2) is 9.97 Å². The van der Waals surface area contributed by atoms with Crippen molar-refractivity contribution in [2.45, 2.75) is 17.2 Å². The van der Waals surface area contributed by atoms with Crippen LogP contribution in [0, 0.1) is 0 Å². The topological polar surface area (TPSA) is 82.3 Å². The Kier molecular flexibility index (Phi) is 4.26. The molecule has 0 radical (unpaired) electrons. The Bertz CT molecular complexity index is 410. The summed E-state index contributed by atoms with van der Waals surface area (Å²) in [4.78, 5) is 8.45. The first kappa shape index (κ1) is 13.4. The van der Waals surface area contributed by atoms with Gasteiger partial charge in [-0.15, -0.1) is 0 Å². The van der Waals surface area contributed by atoms with Crippen molar-refractivity contribution in [3.05, 3.63) is 6.07 Å². The fourth-order valence-electron chi connectivity index (χ4n) is 1.84. The molecule has 100 valence electrons. The molecular weight excluding hydrogens is 252 g/mol. The third kappa shape index (κ3) is 3.04. The number of hydrogen-bond donors (Lipinski definition) is 2. The van der Waals surface area contributed by atoms with E-state index in [0.717, 1.165) is 18.8 Å². The molecular formula is C11H18N4O2S. The maximum absolute atomic E-state index is 5.72. The second-order valence-corrected chi connectivity index (χ2v) is 4.98. The van der Waals surface area contributed by atoms with Crippen LogP contribution in [-0.4, -0.2) is 48.7 Å². The molecule has 0 spiro atoms. The minimum atomic E-state index is -0.265. The monoisotopic (exact) mass is 270 g/mol. The second kappa shape index (κ2) is 5.73. The van der Waals surface area contributed by atoms with Crippen LogP contribution in [0.1, 0.15) is 6.42 Å². The van der Waals surface area contributed by atoms with Crippen LogP contribution in [0.4, 0.5) is 11.6 Å². The Balaban J connectivity index is 2.03. The minimum Gasteiger partial charge on any atom is -0.383 e. The molecule has 1 unspecified atom stereocenters. The molecule has 0 bridgehead atoms. The molecule has 3 N–H and O–H groups in total. The highest BCUT2D eigenvalue weighted by atomic mass is 32.2. The normalized spacial score (nSPS) is 23.2. The summed E-state index contributed by atoms with van der Waals surface area (Å²) >= 11 is 1.46. The van der Waals surface area contributed by atoms with E-state index >= 15 is 0 Å². The molecule has 2 heterocycles. The summed E-state index contributed by atoms with van der Waals surface area (Å²) in [5.74, 6) is 1.18. The molecule has 1 saturated heterocycles. The van der Waals surface area contributed by atoms with Gasteiger partial charge in [0.05, 0.1) is 6.61 Å². The van der Waals surface area contributed by atoms with Crippen LogP contribution >= 0.6 is 11.8 Å². The maximum atomic E-state index is 5.72. The number of nitrogen functional groups attached to an aromatic ring is 1. The number of nitrogens with one attached hydrogen (secondary N) is 1. The molecule has 0 amide bonds. The number of aromatic nitrogens is 2. The predicted octanol–water partition coefficient (Wildman–Crippen LogP) is 0.998. The van der Waals surface area contributed by atoms with E-state index in [4.69, 9.17) is 15.2 Å². The summed E-state index contributed by atoms with van der Waals surface area (Å²) in [6.45, 7) is 1.98. The predicted molar refractivity (Wildman–Crippen MR) is 71.9 cm³/mol. The summed E-state index contributed by atoms with van der Waals surface area (Å²) in [5, 5.41) is 3.90. The average molecular weight is 270 g/mol. The molecule has 0 saturated carbocycles. The van der Waals surface area contributed by atoms with Crippen LogP contribution in [-0.2, 0) is 9.47 Å². The number of thioether (sulfide) groups is 1. The quantitative estimate of drug-likeness (QED) is 0.610. The highest BCUT2D eigenvalue weighted by molar-refractivity contribution is 7.98. The van der Waals surface area contributed by atoms with E-state index in [1.54, 1.807) is 13.2 Å². The number of hydrogen-bond acceptors (Lipinski definition) is 7. The number of ether oxygens (including phenoxy) is 2. The maximum Gasteiger partial charge on any atom is 0.191 e. The smallest absolute Gasteiger partial charge is 0.191 e. The van der Waals surface area contributed by atoms with Gasteiger partial charge in [-0.1, -0.05) is 11.8 Å². The van der Waals surface area contributed by atoms with Crippen LogP contribution in [0.3, 0.4) is 0 Å². The molecule has 0 aromatic carbocycles. The van der Waals surface area contributed by atoms with Crippen LogP contribution < -0.4 is 11.1 Å². The average Bonchev–Trinajstić information content (AvgIpc) is 2.85. The van der Waals surface area contributed by atoms with Crippen molar-refractivity contribution in [2.75, 3.05) is 44.2 Å². The highest BCUT2D eigenvalue weighted by Crippen LogP contribution is 2.23. The summed E-state index contributed by atoms with van der Waals surface area (Å²) in [5.41, 5.74) is 5.46. The van der Waals surface area contributed by atoms with Gasteiger partial charge >= 0.3 is 0 Å². The Morgan fingerprint density at radius 1 is 1.61 bits per heavy atom. The van der Waals surface area contributed by atoms with Crippen LogP contribution in [0.5, 0.6) is 0 Å². The van der Waals surface area contributed by atoms with E-state index in [-0.39, 0.29) is 5.60 Å². The second-order valence-electron chi connectivity index (χ2n) is 4.21. The molecule has 1 aromatic rings. The van der Waals surface area contributed by atoms with E-state index in [1.807, 2.05) is 6.26 Å². The van der Waals surface area contributed by atoms with Gasteiger partial charge in [0.1, 0.15) is 17.2 Å². The van der Waals surface area contributed by atoms with Gasteiger partial charge in [-0.3, -0.25) is 0 Å². The van der Waals surface area contributed by atoms with E-state index in [1.165, 1.54) is 11.8 Å². The van der Waals surface area contributed by atoms with Crippen molar-refractivity contribution in [1.29, 1.82) is 0 Å². The van der Waals surface area contributed by atoms with E-state index in [9.17, 15) is 0 Å². The lowest BCUT2D eigenvalue weighted by molar-refractivity contribution is -0.00626. The molecule has 0 aliphatic carbocycles. The molecule has 1 fully saturated rings. The van der Waals surface area contributed by atoms with Crippen molar-refractivity contribution in [2.24, 2.45) is 0 Å². The largest absolute Gasteiger partial charge is 0.383 e. The number of anilines is 2. The van der Waals surface area contributed by atoms with Gasteiger partial charge in [-0.2, -0.15) is 0 Å². The van der Waals surface area contributed by atoms with Gasteiger partial charge < -0.3 is 20.5 Å². The fraction of sp³-hybridized carbons (Fsp3) is 0.636. The third-order valence-electron chi connectivity index (χ3n) is 3.00. The van der Waals surface area contributed by atoms with Gasteiger partial charge in [0.2, 0.25) is 0 Å². The molecule has 1 atom stereocenters. The van der Waals surface area contributed by atoms with Crippen molar-refractivity contribution >= 4 is 23.4 Å². The first-order valence-corrected chi connectivity index (χ1v) is 6.95. The standard InChI is InChI=1S/C11H18N4O2S/c1-16-11(3-4-17-7-11)6-13-9-5-8(12)14-10(15-9)18-2/h5H,3-4,6-7H2,1-2H3,(H3,12,13,14,15). The Morgan fingerprint density at radius 3 is 3.06 bits per heavy atom. The van der Waals surface area contributed by atoms with Crippen molar-refractivity contribution in [3.63, 3.8) is 0 Å². The van der Waals surface area contributed by atoms with Gasteiger partial charge in [-0.05, 0) is 6.26 Å². The van der Waals surface area contributed by atoms with E-state index in [2.05, 4.69) is 15.3 Å². The fourth-order valence-corrected chi connectivity index (χ4v) is 2.22. The first-order chi connectivity index (χ1) is 8.67. The summed E-state index contributed by atoms with van der Waals surface area (Å²) in [6, 6.07) is 1.72. The lowest BCUT2D eigenvalue weighted by atomic mass is 10.0. The molecule has 18 heavy (non-hydrogen) atoms. The SMILES string of the molecule is COC1(CNc2cc(N)nc(SC)n2)CCOC1. The van der Waals surface area contributed by atoms with Crippen molar-refractivity contribution in [1.82, 2.24) is 9.97 Å². The highest BCUT2D eigenvalue weighted by Gasteiger charge is 2.34. The van der Waals surface area contributed by atoms with Gasteiger partial charge in [0.25, 0.3) is 0 Å². The zero-order valence-electron chi connectivity index (χ0n) is 10.6. The van der Waals surface area contributed by atoms with Crippen molar-refractivity contribution in [3.8, 4) is 0 Å². The van der Waals surface area contributed by atoms with Gasteiger partial charge in [0.15, 0.2) is 5.16 Å². The molecule has 7 heteroatoms. The first-order valence-electron chi connectivity index (χ1n) is 5.73. The van der Waals surface area contributed by atoms with Crippen LogP contribution in [0.25, 0.3) is 0 Å². The zero-order valence-corrected chi connectivity index (χ0v) is 11.4. The molecule has 2 rings (SSSR count). The Hall–Kier alpha value is -1.05. The van der Waals surface area contributed by atoms with Crippen LogP contribution in [0.2, 0.25) is 0 Å². The molecule has 6 nitrogen and oxygen atoms in total. The van der Waals surface area contributed by atoms with Gasteiger partial charge in [0, 0.05) is 32.7 Å². The van der Waals surface area contributed by atoms with E-state index in [0.29, 0.717) is 24.1 Å². The molecule has 1 aromatic heterocycles.